The summed E-state index contributed by atoms with van der Waals surface area (Å²) in [4.78, 5) is 13.2. The van der Waals surface area contributed by atoms with Crippen molar-refractivity contribution in [2.45, 2.75) is 19.9 Å². The molecule has 0 amide bonds. The average molecular weight is 538 g/mol. The lowest BCUT2D eigenvalue weighted by atomic mass is 10.1. The maximum Gasteiger partial charge on any atom is 0.223 e. The smallest absolute Gasteiger partial charge is 0.223 e. The van der Waals surface area contributed by atoms with E-state index in [1.807, 2.05) is 61.5 Å². The van der Waals surface area contributed by atoms with E-state index in [2.05, 4.69) is 47.3 Å². The predicted octanol–water partition coefficient (Wildman–Crippen LogP) is 5.38. The summed E-state index contributed by atoms with van der Waals surface area (Å²) in [5, 5.41) is 4.89. The Balaban J connectivity index is 1.60. The highest BCUT2D eigenvalue weighted by molar-refractivity contribution is 14.1. The summed E-state index contributed by atoms with van der Waals surface area (Å²) >= 11 is 2.31. The fourth-order valence-corrected chi connectivity index (χ4v) is 4.89. The lowest BCUT2D eigenvalue weighted by molar-refractivity contribution is 0.381. The molecular formula is C23H19IN6O2. The second-order valence-corrected chi connectivity index (χ2v) is 8.30. The second-order valence-electron chi connectivity index (χ2n) is 7.28. The van der Waals surface area contributed by atoms with Crippen molar-refractivity contribution in [2.75, 3.05) is 5.73 Å². The normalized spacial score (nSPS) is 12.2. The van der Waals surface area contributed by atoms with Crippen LogP contribution in [0.4, 0.5) is 5.82 Å². The highest BCUT2D eigenvalue weighted by atomic mass is 127. The third-order valence-electron chi connectivity index (χ3n) is 5.18. The van der Waals surface area contributed by atoms with E-state index in [1.54, 1.807) is 6.92 Å². The molecule has 2 aromatic carbocycles. The molecule has 9 heteroatoms. The Hall–Kier alpha value is -3.47. The van der Waals surface area contributed by atoms with Crippen molar-refractivity contribution in [3.8, 4) is 22.6 Å². The van der Waals surface area contributed by atoms with Gasteiger partial charge in [-0.25, -0.2) is 9.97 Å². The SMILES string of the molecule is Cc1nc(C(C)n2c(I)c(-c3ccc(Oc4ccccc4)cc3)c3c(N)ncnc32)no1. The maximum atomic E-state index is 6.31. The fraction of sp³-hybridized carbons (Fsp3) is 0.130. The highest BCUT2D eigenvalue weighted by Gasteiger charge is 2.26. The molecule has 0 aliphatic carbocycles. The van der Waals surface area contributed by atoms with Gasteiger partial charge in [-0.1, -0.05) is 35.5 Å². The summed E-state index contributed by atoms with van der Waals surface area (Å²) in [6.45, 7) is 3.78. The number of hydrogen-bond donors (Lipinski definition) is 1. The minimum Gasteiger partial charge on any atom is -0.457 e. The number of ether oxygens (including phenoxy) is 1. The molecule has 0 aliphatic rings. The highest BCUT2D eigenvalue weighted by Crippen LogP contribution is 2.40. The Morgan fingerprint density at radius 1 is 1.03 bits per heavy atom. The molecule has 32 heavy (non-hydrogen) atoms. The fourth-order valence-electron chi connectivity index (χ4n) is 3.66. The van der Waals surface area contributed by atoms with Gasteiger partial charge in [-0.05, 0) is 59.3 Å². The number of nitrogen functional groups attached to an aromatic ring is 1. The van der Waals surface area contributed by atoms with Crippen molar-refractivity contribution in [1.82, 2.24) is 24.7 Å². The summed E-state index contributed by atoms with van der Waals surface area (Å²) in [5.74, 6) is 3.05. The molecule has 160 valence electrons. The first-order chi connectivity index (χ1) is 15.5. The van der Waals surface area contributed by atoms with Crippen LogP contribution >= 0.6 is 22.6 Å². The molecule has 0 saturated carbocycles. The molecule has 0 spiro atoms. The van der Waals surface area contributed by atoms with Gasteiger partial charge in [-0.2, -0.15) is 4.98 Å². The first-order valence-corrected chi connectivity index (χ1v) is 11.0. The molecule has 5 aromatic rings. The number of aryl methyl sites for hydroxylation is 1. The zero-order valence-corrected chi connectivity index (χ0v) is 19.5. The van der Waals surface area contributed by atoms with E-state index in [4.69, 9.17) is 15.0 Å². The topological polar surface area (TPSA) is 105 Å². The van der Waals surface area contributed by atoms with Crippen LogP contribution in [0.2, 0.25) is 0 Å². The standard InChI is InChI=1S/C23H19IN6O2/c1-13(22-28-14(2)32-29-22)30-20(24)18(19-21(25)26-12-27-23(19)30)15-8-10-17(11-9-15)31-16-6-4-3-5-7-16/h3-13H,1-2H3,(H2,25,26,27). The van der Waals surface area contributed by atoms with Gasteiger partial charge in [0.25, 0.3) is 0 Å². The molecule has 2 N–H and O–H groups in total. The van der Waals surface area contributed by atoms with Crippen LogP contribution in [0.1, 0.15) is 24.7 Å². The number of fused-ring (bicyclic) bond motifs is 1. The molecule has 0 bridgehead atoms. The molecule has 0 fully saturated rings. The number of halogens is 1. The van der Waals surface area contributed by atoms with Crippen LogP contribution in [0, 0.1) is 10.6 Å². The predicted molar refractivity (Wildman–Crippen MR) is 129 cm³/mol. The minimum absolute atomic E-state index is 0.203. The molecular weight excluding hydrogens is 519 g/mol. The molecule has 0 aliphatic heterocycles. The summed E-state index contributed by atoms with van der Waals surface area (Å²) < 4.78 is 14.1. The number of benzene rings is 2. The number of nitrogens with two attached hydrogens (primary N) is 1. The van der Waals surface area contributed by atoms with Crippen LogP contribution in [-0.4, -0.2) is 24.7 Å². The molecule has 1 unspecified atom stereocenters. The quantitative estimate of drug-likeness (QED) is 0.300. The van der Waals surface area contributed by atoms with Crippen molar-refractivity contribution in [1.29, 1.82) is 0 Å². The van der Waals surface area contributed by atoms with Crippen LogP contribution in [0.25, 0.3) is 22.2 Å². The monoisotopic (exact) mass is 538 g/mol. The summed E-state index contributed by atoms with van der Waals surface area (Å²) in [5.41, 5.74) is 8.97. The Morgan fingerprint density at radius 3 is 2.44 bits per heavy atom. The number of anilines is 1. The summed E-state index contributed by atoms with van der Waals surface area (Å²) in [6.07, 6.45) is 1.47. The van der Waals surface area contributed by atoms with Gasteiger partial charge in [0.05, 0.1) is 15.1 Å². The molecule has 1 atom stereocenters. The van der Waals surface area contributed by atoms with Gasteiger partial charge < -0.3 is 19.6 Å². The van der Waals surface area contributed by atoms with E-state index in [0.29, 0.717) is 17.5 Å². The minimum atomic E-state index is -0.203. The van der Waals surface area contributed by atoms with Crippen LogP contribution in [0.3, 0.4) is 0 Å². The third kappa shape index (κ3) is 3.58. The molecule has 5 rings (SSSR count). The van der Waals surface area contributed by atoms with E-state index in [1.165, 1.54) is 6.33 Å². The van der Waals surface area contributed by atoms with Crippen LogP contribution < -0.4 is 10.5 Å². The first kappa shape index (κ1) is 20.4. The van der Waals surface area contributed by atoms with Gasteiger partial charge in [0.2, 0.25) is 5.89 Å². The van der Waals surface area contributed by atoms with Crippen LogP contribution in [0.5, 0.6) is 11.5 Å². The average Bonchev–Trinajstić information content (AvgIpc) is 3.36. The van der Waals surface area contributed by atoms with Crippen molar-refractivity contribution < 1.29 is 9.26 Å². The molecule has 8 nitrogen and oxygen atoms in total. The lowest BCUT2D eigenvalue weighted by Gasteiger charge is -2.12. The van der Waals surface area contributed by atoms with Gasteiger partial charge in [0.1, 0.15) is 29.3 Å². The molecule has 3 heterocycles. The van der Waals surface area contributed by atoms with E-state index in [9.17, 15) is 0 Å². The molecule has 3 aromatic heterocycles. The van der Waals surface area contributed by atoms with E-state index >= 15 is 0 Å². The van der Waals surface area contributed by atoms with Crippen molar-refractivity contribution in [2.24, 2.45) is 0 Å². The van der Waals surface area contributed by atoms with Crippen LogP contribution in [-0.2, 0) is 0 Å². The van der Waals surface area contributed by atoms with Gasteiger partial charge >= 0.3 is 0 Å². The van der Waals surface area contributed by atoms with E-state index < -0.39 is 0 Å². The van der Waals surface area contributed by atoms with Crippen molar-refractivity contribution in [3.63, 3.8) is 0 Å². The van der Waals surface area contributed by atoms with E-state index in [0.717, 1.165) is 37.4 Å². The first-order valence-electron chi connectivity index (χ1n) is 9.96. The Kier molecular flexibility index (Phi) is 5.25. The van der Waals surface area contributed by atoms with Gasteiger partial charge in [0, 0.05) is 12.5 Å². The maximum absolute atomic E-state index is 6.31. The zero-order chi connectivity index (χ0) is 22.2. The number of hydrogen-bond acceptors (Lipinski definition) is 7. The molecule has 0 radical (unpaired) electrons. The second kappa shape index (κ2) is 8.23. The summed E-state index contributed by atoms with van der Waals surface area (Å²) in [6, 6.07) is 17.4. The lowest BCUT2D eigenvalue weighted by Crippen LogP contribution is -2.11. The van der Waals surface area contributed by atoms with Crippen molar-refractivity contribution >= 4 is 39.4 Å². The Bertz CT molecular complexity index is 1400. The van der Waals surface area contributed by atoms with Gasteiger partial charge in [-0.15, -0.1) is 0 Å². The number of nitrogens with zero attached hydrogens (tertiary/aromatic N) is 5. The summed E-state index contributed by atoms with van der Waals surface area (Å²) in [7, 11) is 0. The zero-order valence-electron chi connectivity index (χ0n) is 17.4. The third-order valence-corrected chi connectivity index (χ3v) is 6.24. The van der Waals surface area contributed by atoms with Crippen molar-refractivity contribution in [3.05, 3.63) is 76.3 Å². The van der Waals surface area contributed by atoms with E-state index in [-0.39, 0.29) is 6.04 Å². The Morgan fingerprint density at radius 2 is 1.75 bits per heavy atom. The van der Waals surface area contributed by atoms with Gasteiger partial charge in [0.15, 0.2) is 5.82 Å². The van der Waals surface area contributed by atoms with Gasteiger partial charge in [-0.3, -0.25) is 0 Å². The number of rotatable bonds is 5. The Labute approximate surface area is 197 Å². The van der Waals surface area contributed by atoms with Crippen LogP contribution in [0.15, 0.2) is 65.4 Å². The number of para-hydroxylation sites is 1. The number of aromatic nitrogens is 5. The largest absolute Gasteiger partial charge is 0.457 e. The molecule has 0 saturated heterocycles.